The number of aliphatic carboxylic acids is 1. The number of benzene rings is 3. The fourth-order valence-corrected chi connectivity index (χ4v) is 4.39. The van der Waals surface area contributed by atoms with Gasteiger partial charge in [-0.05, 0) is 73.6 Å². The zero-order chi connectivity index (χ0) is 24.9. The largest absolute Gasteiger partial charge is 0.493 e. The van der Waals surface area contributed by atoms with E-state index in [1.165, 1.54) is 18.9 Å². The number of rotatable bonds is 7. The van der Waals surface area contributed by atoms with Gasteiger partial charge in [0.05, 0.1) is 23.4 Å². The summed E-state index contributed by atoms with van der Waals surface area (Å²) in [5.74, 6) is -0.581. The van der Waals surface area contributed by atoms with Gasteiger partial charge in [0.2, 0.25) is 0 Å². The van der Waals surface area contributed by atoms with Crippen LogP contribution in [-0.2, 0) is 9.59 Å². The lowest BCUT2D eigenvalue weighted by Crippen LogP contribution is -2.28. The molecule has 178 valence electrons. The summed E-state index contributed by atoms with van der Waals surface area (Å²) in [7, 11) is 1.47. The maximum Gasteiger partial charge on any atom is 0.341 e. The van der Waals surface area contributed by atoms with Gasteiger partial charge >= 0.3 is 5.97 Å². The maximum absolute atomic E-state index is 13.5. The van der Waals surface area contributed by atoms with Crippen molar-refractivity contribution < 1.29 is 24.2 Å². The average molecular weight is 489 g/mol. The maximum atomic E-state index is 13.5. The van der Waals surface area contributed by atoms with Gasteiger partial charge in [0, 0.05) is 0 Å². The summed E-state index contributed by atoms with van der Waals surface area (Å²) in [5, 5.41) is 9.42. The van der Waals surface area contributed by atoms with Crippen LogP contribution < -0.4 is 14.4 Å². The zero-order valence-electron chi connectivity index (χ0n) is 19.5. The zero-order valence-corrected chi connectivity index (χ0v) is 20.3. The Morgan fingerprint density at radius 2 is 1.66 bits per heavy atom. The van der Waals surface area contributed by atoms with E-state index >= 15 is 0 Å². The molecular formula is C27H24N2O5S. The van der Waals surface area contributed by atoms with Crippen LogP contribution in [0.2, 0.25) is 0 Å². The Balaban J connectivity index is 1.70. The lowest BCUT2D eigenvalue weighted by Gasteiger charge is -2.16. The normalized spacial score (nSPS) is 15.6. The van der Waals surface area contributed by atoms with E-state index in [0.717, 1.165) is 22.5 Å². The lowest BCUT2D eigenvalue weighted by molar-refractivity contribution is -0.139. The molecular weight excluding hydrogens is 464 g/mol. The number of carbonyl (C=O) groups excluding carboxylic acids is 1. The van der Waals surface area contributed by atoms with Gasteiger partial charge in [-0.25, -0.2) is 9.79 Å². The van der Waals surface area contributed by atoms with Gasteiger partial charge in [0.1, 0.15) is 0 Å². The van der Waals surface area contributed by atoms with Gasteiger partial charge in [0.15, 0.2) is 23.3 Å². The van der Waals surface area contributed by atoms with E-state index in [9.17, 15) is 9.59 Å². The predicted octanol–water partition coefficient (Wildman–Crippen LogP) is 5.58. The molecule has 35 heavy (non-hydrogen) atoms. The van der Waals surface area contributed by atoms with Crippen molar-refractivity contribution in [3.63, 3.8) is 0 Å². The highest BCUT2D eigenvalue weighted by atomic mass is 32.2. The Morgan fingerprint density at radius 3 is 2.29 bits per heavy atom. The van der Waals surface area contributed by atoms with Crippen molar-refractivity contribution in [2.75, 3.05) is 18.6 Å². The van der Waals surface area contributed by atoms with E-state index in [1.807, 2.05) is 62.4 Å². The molecule has 0 radical (unpaired) electrons. The quantitative estimate of drug-likeness (QED) is 0.437. The van der Waals surface area contributed by atoms with Gasteiger partial charge in [-0.15, -0.1) is 0 Å². The molecule has 4 rings (SSSR count). The van der Waals surface area contributed by atoms with E-state index in [2.05, 4.69) is 0 Å². The third-order valence-electron chi connectivity index (χ3n) is 5.19. The average Bonchev–Trinajstić information content (AvgIpc) is 3.14. The predicted molar refractivity (Wildman–Crippen MR) is 139 cm³/mol. The van der Waals surface area contributed by atoms with Crippen LogP contribution in [0.1, 0.15) is 16.7 Å². The number of nitrogens with zero attached hydrogens (tertiary/aromatic N) is 2. The molecule has 0 aliphatic carbocycles. The number of methoxy groups -OCH3 is 1. The van der Waals surface area contributed by atoms with E-state index in [0.29, 0.717) is 27.1 Å². The lowest BCUT2D eigenvalue weighted by atomic mass is 10.1. The van der Waals surface area contributed by atoms with E-state index in [-0.39, 0.29) is 5.91 Å². The van der Waals surface area contributed by atoms with Crippen LogP contribution in [-0.4, -0.2) is 35.9 Å². The van der Waals surface area contributed by atoms with Crippen LogP contribution in [0.5, 0.6) is 11.5 Å². The minimum absolute atomic E-state index is 0.185. The third kappa shape index (κ3) is 5.73. The van der Waals surface area contributed by atoms with Gasteiger partial charge < -0.3 is 14.6 Å². The number of hydrogen-bond donors (Lipinski definition) is 1. The van der Waals surface area contributed by atoms with Crippen molar-refractivity contribution in [1.82, 2.24) is 0 Å². The first-order valence-electron chi connectivity index (χ1n) is 10.8. The topological polar surface area (TPSA) is 88.4 Å². The Hall–Kier alpha value is -4.04. The molecule has 1 aliphatic rings. The number of thioether (sulfide) groups is 1. The summed E-state index contributed by atoms with van der Waals surface area (Å²) in [6, 6.07) is 20.6. The molecule has 1 aliphatic heterocycles. The first-order valence-corrected chi connectivity index (χ1v) is 11.6. The molecule has 1 N–H and O–H groups in total. The first kappa shape index (κ1) is 24.1. The smallest absolute Gasteiger partial charge is 0.341 e. The number of carboxylic acid groups (broad SMARTS) is 1. The summed E-state index contributed by atoms with van der Waals surface area (Å²) in [6.45, 7) is 3.53. The fraction of sp³-hybridized carbons (Fsp3) is 0.148. The molecule has 3 aromatic carbocycles. The molecule has 0 atom stereocenters. The standard InChI is InChI=1S/C27H24N2O5S/c1-17-4-9-20(10-5-17)28-27-29(21-11-6-18(2)7-12-21)26(32)24(35-27)15-19-8-13-22(23(14-19)33-3)34-16-25(30)31/h4-15H,16H2,1-3H3,(H,30,31)/b24-15+,28-27?. The van der Waals surface area contributed by atoms with Crippen LogP contribution in [0, 0.1) is 13.8 Å². The summed E-state index contributed by atoms with van der Waals surface area (Å²) in [6.07, 6.45) is 1.76. The van der Waals surface area contributed by atoms with Crippen LogP contribution in [0.4, 0.5) is 11.4 Å². The molecule has 0 unspecified atom stereocenters. The van der Waals surface area contributed by atoms with E-state index in [1.54, 1.807) is 29.2 Å². The minimum Gasteiger partial charge on any atom is -0.493 e. The second kappa shape index (κ2) is 10.5. The van der Waals surface area contributed by atoms with Crippen molar-refractivity contribution in [3.8, 4) is 11.5 Å². The molecule has 7 nitrogen and oxygen atoms in total. The molecule has 3 aromatic rings. The van der Waals surface area contributed by atoms with Gasteiger partial charge in [-0.1, -0.05) is 41.5 Å². The number of amidine groups is 1. The first-order chi connectivity index (χ1) is 16.8. The number of carbonyl (C=O) groups is 2. The highest BCUT2D eigenvalue weighted by Crippen LogP contribution is 2.38. The summed E-state index contributed by atoms with van der Waals surface area (Å²) in [5.41, 5.74) is 4.42. The second-order valence-electron chi connectivity index (χ2n) is 7.91. The molecule has 0 saturated carbocycles. The third-order valence-corrected chi connectivity index (χ3v) is 6.16. The van der Waals surface area contributed by atoms with Crippen LogP contribution in [0.25, 0.3) is 6.08 Å². The summed E-state index contributed by atoms with van der Waals surface area (Å²) in [4.78, 5) is 31.2. The molecule has 0 bridgehead atoms. The van der Waals surface area contributed by atoms with Crippen molar-refractivity contribution in [2.24, 2.45) is 4.99 Å². The van der Waals surface area contributed by atoms with Crippen LogP contribution >= 0.6 is 11.8 Å². The molecule has 1 saturated heterocycles. The Labute approximate surface area is 207 Å². The van der Waals surface area contributed by atoms with E-state index in [4.69, 9.17) is 19.6 Å². The highest BCUT2D eigenvalue weighted by Gasteiger charge is 2.34. The SMILES string of the molecule is COc1cc(/C=C2/SC(=Nc3ccc(C)cc3)N(c3ccc(C)cc3)C2=O)ccc1OCC(=O)O. The van der Waals surface area contributed by atoms with Crippen molar-refractivity contribution in [1.29, 1.82) is 0 Å². The van der Waals surface area contributed by atoms with Crippen LogP contribution in [0.3, 0.4) is 0 Å². The summed E-state index contributed by atoms with van der Waals surface area (Å²) < 4.78 is 10.6. The number of ether oxygens (including phenoxy) is 2. The second-order valence-corrected chi connectivity index (χ2v) is 8.92. The molecule has 1 fully saturated rings. The van der Waals surface area contributed by atoms with Crippen molar-refractivity contribution in [2.45, 2.75) is 13.8 Å². The number of hydrogen-bond acceptors (Lipinski definition) is 6. The summed E-state index contributed by atoms with van der Waals surface area (Å²) >= 11 is 1.29. The number of carboxylic acids is 1. The number of aryl methyl sites for hydroxylation is 2. The number of anilines is 1. The minimum atomic E-state index is -1.08. The van der Waals surface area contributed by atoms with Crippen molar-refractivity contribution >= 4 is 46.3 Å². The van der Waals surface area contributed by atoms with Gasteiger partial charge in [-0.2, -0.15) is 0 Å². The highest BCUT2D eigenvalue weighted by molar-refractivity contribution is 8.19. The van der Waals surface area contributed by atoms with Gasteiger partial charge in [-0.3, -0.25) is 9.69 Å². The molecule has 1 heterocycles. The van der Waals surface area contributed by atoms with Crippen LogP contribution in [0.15, 0.2) is 76.6 Å². The molecule has 1 amide bonds. The Kier molecular flexibility index (Phi) is 7.22. The molecule has 0 spiro atoms. The monoisotopic (exact) mass is 488 g/mol. The fourth-order valence-electron chi connectivity index (χ4n) is 3.38. The molecule has 8 heteroatoms. The number of aliphatic imine (C=N–C) groups is 1. The Bertz CT molecular complexity index is 1310. The van der Waals surface area contributed by atoms with Crippen molar-refractivity contribution in [3.05, 3.63) is 88.3 Å². The van der Waals surface area contributed by atoms with Gasteiger partial charge in [0.25, 0.3) is 5.91 Å². The van der Waals surface area contributed by atoms with E-state index < -0.39 is 12.6 Å². The number of amides is 1. The molecule has 0 aromatic heterocycles. The Morgan fingerprint density at radius 1 is 1.00 bits per heavy atom.